The normalized spacial score (nSPS) is 14.6. The lowest BCUT2D eigenvalue weighted by molar-refractivity contribution is -0.136. The van der Waals surface area contributed by atoms with Crippen molar-refractivity contribution in [2.75, 3.05) is 19.5 Å². The highest BCUT2D eigenvalue weighted by atomic mass is 32.2. The second-order valence-corrected chi connectivity index (χ2v) is 7.12. The molecule has 2 rings (SSSR count). The Morgan fingerprint density at radius 3 is 2.41 bits per heavy atom. The summed E-state index contributed by atoms with van der Waals surface area (Å²) in [4.78, 5) is 13.8. The number of methoxy groups -OCH3 is 1. The third kappa shape index (κ3) is 4.71. The summed E-state index contributed by atoms with van der Waals surface area (Å²) in [6.07, 6.45) is 2.04. The summed E-state index contributed by atoms with van der Waals surface area (Å²) < 4.78 is 32.6. The molecule has 1 aromatic rings. The van der Waals surface area contributed by atoms with Gasteiger partial charge in [0, 0.05) is 19.7 Å². The van der Waals surface area contributed by atoms with Gasteiger partial charge < -0.3 is 13.8 Å². The van der Waals surface area contributed by atoms with E-state index in [1.54, 1.807) is 24.3 Å². The maximum atomic E-state index is 12.0. The van der Waals surface area contributed by atoms with Gasteiger partial charge in [-0.1, -0.05) is 12.1 Å². The molecule has 0 spiro atoms. The van der Waals surface area contributed by atoms with Crippen LogP contribution in [-0.4, -0.2) is 44.7 Å². The standard InChI is InChI=1S/C15H21NO5S/c1-3-22(18,19)21-14-8-4-12(5-9-14)10-16(13-6-7-13)15(17)11-20-2/h4-5,8-9,13H,3,6-7,10-11H2,1-2H3. The number of rotatable bonds is 8. The first-order valence-corrected chi connectivity index (χ1v) is 8.82. The van der Waals surface area contributed by atoms with Crippen LogP contribution in [0.1, 0.15) is 25.3 Å². The van der Waals surface area contributed by atoms with E-state index in [1.165, 1.54) is 14.0 Å². The van der Waals surface area contributed by atoms with Crippen LogP contribution >= 0.6 is 0 Å². The van der Waals surface area contributed by atoms with E-state index in [9.17, 15) is 13.2 Å². The van der Waals surface area contributed by atoms with Crippen molar-refractivity contribution in [1.29, 1.82) is 0 Å². The van der Waals surface area contributed by atoms with E-state index in [2.05, 4.69) is 0 Å². The minimum atomic E-state index is -3.51. The second-order valence-electron chi connectivity index (χ2n) is 5.26. The molecule has 6 nitrogen and oxygen atoms in total. The number of ether oxygens (including phenoxy) is 1. The van der Waals surface area contributed by atoms with Crippen molar-refractivity contribution < 1.29 is 22.1 Å². The van der Waals surface area contributed by atoms with Gasteiger partial charge in [0.2, 0.25) is 5.91 Å². The molecule has 0 aliphatic heterocycles. The minimum absolute atomic E-state index is 0.0288. The van der Waals surface area contributed by atoms with Gasteiger partial charge in [0.25, 0.3) is 0 Å². The van der Waals surface area contributed by atoms with E-state index in [0.717, 1.165) is 18.4 Å². The van der Waals surface area contributed by atoms with Gasteiger partial charge in [-0.05, 0) is 37.5 Å². The van der Waals surface area contributed by atoms with Crippen LogP contribution in [0.3, 0.4) is 0 Å². The molecule has 1 amide bonds. The summed E-state index contributed by atoms with van der Waals surface area (Å²) in [6.45, 7) is 2.10. The Morgan fingerprint density at radius 1 is 1.27 bits per heavy atom. The van der Waals surface area contributed by atoms with Gasteiger partial charge in [-0.15, -0.1) is 0 Å². The van der Waals surface area contributed by atoms with Gasteiger partial charge in [-0.2, -0.15) is 8.42 Å². The molecule has 1 aromatic carbocycles. The monoisotopic (exact) mass is 327 g/mol. The first kappa shape index (κ1) is 16.8. The number of hydrogen-bond acceptors (Lipinski definition) is 5. The number of nitrogens with zero attached hydrogens (tertiary/aromatic N) is 1. The first-order valence-electron chi connectivity index (χ1n) is 7.24. The molecule has 0 N–H and O–H groups in total. The highest BCUT2D eigenvalue weighted by Gasteiger charge is 2.32. The maximum Gasteiger partial charge on any atom is 0.308 e. The van der Waals surface area contributed by atoms with Gasteiger partial charge in [0.1, 0.15) is 12.4 Å². The molecule has 0 radical (unpaired) electrons. The van der Waals surface area contributed by atoms with Crippen molar-refractivity contribution in [3.63, 3.8) is 0 Å². The van der Waals surface area contributed by atoms with Crippen LogP contribution in [0.25, 0.3) is 0 Å². The zero-order valence-electron chi connectivity index (χ0n) is 12.8. The molecule has 0 heterocycles. The molecule has 1 saturated carbocycles. The van der Waals surface area contributed by atoms with Gasteiger partial charge in [-0.25, -0.2) is 0 Å². The van der Waals surface area contributed by atoms with Gasteiger partial charge in [0.05, 0.1) is 5.75 Å². The highest BCUT2D eigenvalue weighted by molar-refractivity contribution is 7.87. The predicted octanol–water partition coefficient (Wildman–Crippen LogP) is 1.55. The number of amides is 1. The van der Waals surface area contributed by atoms with E-state index >= 15 is 0 Å². The molecular weight excluding hydrogens is 306 g/mol. The first-order chi connectivity index (χ1) is 10.4. The Bertz CT molecular complexity index is 607. The second kappa shape index (κ2) is 7.11. The van der Waals surface area contributed by atoms with Crippen LogP contribution in [0.4, 0.5) is 0 Å². The predicted molar refractivity (Wildman–Crippen MR) is 82.0 cm³/mol. The molecular formula is C15H21NO5S. The Morgan fingerprint density at radius 2 is 1.91 bits per heavy atom. The van der Waals surface area contributed by atoms with Crippen LogP contribution in [0, 0.1) is 0 Å². The lowest BCUT2D eigenvalue weighted by Gasteiger charge is -2.22. The molecule has 122 valence electrons. The average Bonchev–Trinajstić information content (AvgIpc) is 3.31. The summed E-state index contributed by atoms with van der Waals surface area (Å²) in [5, 5.41) is 0. The van der Waals surface area contributed by atoms with Crippen LogP contribution in [0.15, 0.2) is 24.3 Å². The number of carbonyl (C=O) groups excluding carboxylic acids is 1. The largest absolute Gasteiger partial charge is 0.382 e. The van der Waals surface area contributed by atoms with Crippen molar-refractivity contribution in [3.05, 3.63) is 29.8 Å². The summed E-state index contributed by atoms with van der Waals surface area (Å²) in [5.74, 6) is 0.182. The van der Waals surface area contributed by atoms with Gasteiger partial charge in [0.15, 0.2) is 0 Å². The van der Waals surface area contributed by atoms with E-state index in [1.807, 2.05) is 4.90 Å². The Balaban J connectivity index is 2.02. The lowest BCUT2D eigenvalue weighted by atomic mass is 10.2. The maximum absolute atomic E-state index is 12.0. The molecule has 0 unspecified atom stereocenters. The molecule has 1 aliphatic carbocycles. The fraction of sp³-hybridized carbons (Fsp3) is 0.533. The smallest absolute Gasteiger partial charge is 0.308 e. The topological polar surface area (TPSA) is 72.9 Å². The number of benzene rings is 1. The molecule has 0 atom stereocenters. The fourth-order valence-corrected chi connectivity index (χ4v) is 2.59. The van der Waals surface area contributed by atoms with Gasteiger partial charge in [-0.3, -0.25) is 4.79 Å². The summed E-state index contributed by atoms with van der Waals surface area (Å²) in [7, 11) is -2.01. The molecule has 0 aromatic heterocycles. The molecule has 22 heavy (non-hydrogen) atoms. The van der Waals surface area contributed by atoms with Crippen LogP contribution in [0.5, 0.6) is 5.75 Å². The SMILES string of the molecule is CCS(=O)(=O)Oc1ccc(CN(C(=O)COC)C2CC2)cc1. The summed E-state index contributed by atoms with van der Waals surface area (Å²) in [6, 6.07) is 7.05. The third-order valence-electron chi connectivity index (χ3n) is 3.43. The Labute approximate surface area is 131 Å². The lowest BCUT2D eigenvalue weighted by Crippen LogP contribution is -2.35. The van der Waals surface area contributed by atoms with Crippen molar-refractivity contribution >= 4 is 16.0 Å². The van der Waals surface area contributed by atoms with Crippen LogP contribution in [-0.2, 0) is 26.2 Å². The molecule has 1 fully saturated rings. The third-order valence-corrected chi connectivity index (χ3v) is 4.58. The zero-order chi connectivity index (χ0) is 16.2. The molecule has 0 saturated heterocycles. The summed E-state index contributed by atoms with van der Waals surface area (Å²) in [5.41, 5.74) is 0.928. The Hall–Kier alpha value is -1.60. The fourth-order valence-electron chi connectivity index (χ4n) is 2.07. The van der Waals surface area contributed by atoms with E-state index in [4.69, 9.17) is 8.92 Å². The highest BCUT2D eigenvalue weighted by Crippen LogP contribution is 2.28. The minimum Gasteiger partial charge on any atom is -0.382 e. The van der Waals surface area contributed by atoms with Crippen molar-refractivity contribution in [2.45, 2.75) is 32.4 Å². The number of hydrogen-bond donors (Lipinski definition) is 0. The molecule has 7 heteroatoms. The van der Waals surface area contributed by atoms with Crippen LogP contribution in [0.2, 0.25) is 0 Å². The van der Waals surface area contributed by atoms with Gasteiger partial charge >= 0.3 is 10.1 Å². The van der Waals surface area contributed by atoms with E-state index < -0.39 is 10.1 Å². The van der Waals surface area contributed by atoms with Crippen molar-refractivity contribution in [1.82, 2.24) is 4.90 Å². The van der Waals surface area contributed by atoms with E-state index in [0.29, 0.717) is 12.6 Å². The van der Waals surface area contributed by atoms with Crippen molar-refractivity contribution in [3.8, 4) is 5.75 Å². The number of carbonyl (C=O) groups is 1. The molecule has 0 bridgehead atoms. The van der Waals surface area contributed by atoms with E-state index in [-0.39, 0.29) is 24.0 Å². The van der Waals surface area contributed by atoms with Crippen LogP contribution < -0.4 is 4.18 Å². The Kier molecular flexibility index (Phi) is 5.42. The molecule has 1 aliphatic rings. The quantitative estimate of drug-likeness (QED) is 0.677. The average molecular weight is 327 g/mol. The zero-order valence-corrected chi connectivity index (χ0v) is 13.6. The summed E-state index contributed by atoms with van der Waals surface area (Å²) >= 11 is 0. The van der Waals surface area contributed by atoms with Crippen molar-refractivity contribution in [2.24, 2.45) is 0 Å².